The molecule has 4 nitrogen and oxygen atoms in total. The van der Waals surface area contributed by atoms with E-state index in [1.165, 1.54) is 57.8 Å². The van der Waals surface area contributed by atoms with Crippen LogP contribution in [-0.2, 0) is 0 Å². The van der Waals surface area contributed by atoms with Crippen LogP contribution in [0, 0.1) is 0 Å². The quantitative estimate of drug-likeness (QED) is 0.210. The third kappa shape index (κ3) is 10.9. The van der Waals surface area contributed by atoms with Gasteiger partial charge in [-0.05, 0) is 30.7 Å². The molecule has 0 unspecified atom stereocenters. The highest BCUT2D eigenvalue weighted by Gasteiger charge is 2.11. The lowest BCUT2D eigenvalue weighted by molar-refractivity contribution is -0.469. The molecular formula is C23H42N3O+. The number of benzene rings is 1. The summed E-state index contributed by atoms with van der Waals surface area (Å²) in [7, 11) is 8.14. The third-order valence-electron chi connectivity index (χ3n) is 4.72. The van der Waals surface area contributed by atoms with Gasteiger partial charge in [-0.3, -0.25) is 9.48 Å². The monoisotopic (exact) mass is 376 g/mol. The van der Waals surface area contributed by atoms with Crippen LogP contribution in [0.2, 0.25) is 0 Å². The third-order valence-corrected chi connectivity index (χ3v) is 4.72. The van der Waals surface area contributed by atoms with Gasteiger partial charge in [0.15, 0.2) is 0 Å². The second-order valence-corrected chi connectivity index (χ2v) is 7.79. The van der Waals surface area contributed by atoms with E-state index in [4.69, 9.17) is 4.74 Å². The first-order valence-electron chi connectivity index (χ1n) is 10.8. The molecule has 0 spiro atoms. The Hall–Kier alpha value is -1.71. The summed E-state index contributed by atoms with van der Waals surface area (Å²) in [6, 6.07) is 8.23. The van der Waals surface area contributed by atoms with Crippen molar-refractivity contribution < 1.29 is 9.31 Å². The van der Waals surface area contributed by atoms with Crippen LogP contribution >= 0.6 is 0 Å². The van der Waals surface area contributed by atoms with Gasteiger partial charge < -0.3 is 4.74 Å². The topological polar surface area (TPSA) is 27.5 Å². The number of ether oxygens (including phenoxy) is 1. The Bertz CT molecular complexity index is 519. The molecule has 0 heterocycles. The van der Waals surface area contributed by atoms with E-state index in [2.05, 4.69) is 33.8 Å². The normalized spacial score (nSPS) is 10.6. The number of anilines is 1. The number of nitrogens with zero attached hydrogens (tertiary/aromatic N) is 2. The van der Waals surface area contributed by atoms with E-state index in [1.807, 2.05) is 40.3 Å². The number of hydrogen-bond acceptors (Lipinski definition) is 1. The second-order valence-electron chi connectivity index (χ2n) is 7.79. The SMILES string of the molecule is CCCCCCCCCCCCOc1ccc(NC(N(C)C)=[N+](C)C)cc1. The minimum atomic E-state index is 0.816. The Labute approximate surface area is 167 Å². The molecule has 0 amide bonds. The maximum absolute atomic E-state index is 5.88. The van der Waals surface area contributed by atoms with Crippen LogP contribution in [0.25, 0.3) is 0 Å². The molecule has 0 radical (unpaired) electrons. The first kappa shape index (κ1) is 23.3. The fraction of sp³-hybridized carbons (Fsp3) is 0.696. The summed E-state index contributed by atoms with van der Waals surface area (Å²) in [6.45, 7) is 3.09. The molecule has 0 atom stereocenters. The second kappa shape index (κ2) is 14.4. The van der Waals surface area contributed by atoms with Gasteiger partial charge >= 0.3 is 5.96 Å². The summed E-state index contributed by atoms with van der Waals surface area (Å²) in [6.07, 6.45) is 13.5. The zero-order valence-electron chi connectivity index (χ0n) is 18.4. The van der Waals surface area contributed by atoms with Gasteiger partial charge in [0.05, 0.1) is 40.5 Å². The van der Waals surface area contributed by atoms with E-state index in [0.29, 0.717) is 0 Å². The summed E-state index contributed by atoms with van der Waals surface area (Å²) in [5.74, 6) is 2.00. The standard InChI is InChI=1S/C23H41N3O/c1-6-7-8-9-10-11-12-13-14-15-20-27-22-18-16-21(17-19-22)24-23(25(2)3)26(4)5/h16-19H,6-15,20H2,1-5H3/p+1. The van der Waals surface area contributed by atoms with Gasteiger partial charge in [0.1, 0.15) is 5.75 Å². The molecule has 1 N–H and O–H groups in total. The van der Waals surface area contributed by atoms with Gasteiger partial charge in [0.25, 0.3) is 0 Å². The fourth-order valence-electron chi connectivity index (χ4n) is 3.17. The van der Waals surface area contributed by atoms with Crippen LogP contribution in [0.1, 0.15) is 71.1 Å². The van der Waals surface area contributed by atoms with Gasteiger partial charge in [-0.1, -0.05) is 64.7 Å². The molecule has 0 aliphatic heterocycles. The van der Waals surface area contributed by atoms with E-state index >= 15 is 0 Å². The van der Waals surface area contributed by atoms with Crippen molar-refractivity contribution in [3.63, 3.8) is 0 Å². The van der Waals surface area contributed by atoms with Gasteiger partial charge in [-0.25, -0.2) is 5.32 Å². The van der Waals surface area contributed by atoms with Gasteiger partial charge in [0, 0.05) is 0 Å². The molecule has 27 heavy (non-hydrogen) atoms. The molecule has 0 bridgehead atoms. The summed E-state index contributed by atoms with van der Waals surface area (Å²) < 4.78 is 7.94. The number of rotatable bonds is 13. The van der Waals surface area contributed by atoms with Crippen molar-refractivity contribution in [1.29, 1.82) is 0 Å². The van der Waals surface area contributed by atoms with Gasteiger partial charge in [-0.15, -0.1) is 0 Å². The molecule has 4 heteroatoms. The molecular weight excluding hydrogens is 334 g/mol. The van der Waals surface area contributed by atoms with Crippen molar-refractivity contribution in [3.05, 3.63) is 24.3 Å². The molecule has 0 saturated carbocycles. The molecule has 0 aromatic heterocycles. The van der Waals surface area contributed by atoms with E-state index in [9.17, 15) is 0 Å². The number of unbranched alkanes of at least 4 members (excludes halogenated alkanes) is 9. The minimum Gasteiger partial charge on any atom is -0.494 e. The predicted octanol–water partition coefficient (Wildman–Crippen LogP) is 5.59. The largest absolute Gasteiger partial charge is 0.494 e. The van der Waals surface area contributed by atoms with Crippen molar-refractivity contribution in [3.8, 4) is 5.75 Å². The van der Waals surface area contributed by atoms with Crippen molar-refractivity contribution in [2.45, 2.75) is 71.1 Å². The summed E-state index contributed by atoms with van der Waals surface area (Å²) >= 11 is 0. The molecule has 0 aliphatic carbocycles. The van der Waals surface area contributed by atoms with E-state index in [-0.39, 0.29) is 0 Å². The summed E-state index contributed by atoms with van der Waals surface area (Å²) in [5.41, 5.74) is 1.07. The summed E-state index contributed by atoms with van der Waals surface area (Å²) in [5, 5.41) is 3.43. The van der Waals surface area contributed by atoms with Crippen molar-refractivity contribution >= 4 is 11.6 Å². The van der Waals surface area contributed by atoms with E-state index < -0.39 is 0 Å². The van der Waals surface area contributed by atoms with Crippen molar-refractivity contribution in [2.75, 3.05) is 40.1 Å². The van der Waals surface area contributed by atoms with Crippen LogP contribution in [0.4, 0.5) is 5.69 Å². The zero-order chi connectivity index (χ0) is 19.9. The van der Waals surface area contributed by atoms with E-state index in [1.54, 1.807) is 0 Å². The van der Waals surface area contributed by atoms with Crippen LogP contribution in [0.15, 0.2) is 24.3 Å². The van der Waals surface area contributed by atoms with E-state index in [0.717, 1.165) is 30.4 Å². The lowest BCUT2D eigenvalue weighted by Gasteiger charge is -2.13. The van der Waals surface area contributed by atoms with Crippen molar-refractivity contribution in [2.24, 2.45) is 0 Å². The maximum Gasteiger partial charge on any atom is 0.352 e. The first-order chi connectivity index (χ1) is 13.0. The summed E-state index contributed by atoms with van der Waals surface area (Å²) in [4.78, 5) is 2.07. The molecule has 0 aliphatic rings. The van der Waals surface area contributed by atoms with Crippen LogP contribution in [-0.4, -0.2) is 50.2 Å². The Morgan fingerprint density at radius 2 is 1.37 bits per heavy atom. The minimum absolute atomic E-state index is 0.816. The predicted molar refractivity (Wildman–Crippen MR) is 118 cm³/mol. The van der Waals surface area contributed by atoms with Crippen LogP contribution in [0.3, 0.4) is 0 Å². The van der Waals surface area contributed by atoms with Crippen LogP contribution in [0.5, 0.6) is 5.75 Å². The lowest BCUT2D eigenvalue weighted by atomic mass is 10.1. The smallest absolute Gasteiger partial charge is 0.352 e. The highest BCUT2D eigenvalue weighted by atomic mass is 16.5. The average molecular weight is 377 g/mol. The maximum atomic E-state index is 5.88. The molecule has 154 valence electrons. The molecule has 1 aromatic carbocycles. The Balaban J connectivity index is 2.14. The average Bonchev–Trinajstić information content (AvgIpc) is 2.64. The van der Waals surface area contributed by atoms with Crippen LogP contribution < -0.4 is 10.1 Å². The molecule has 0 fully saturated rings. The highest BCUT2D eigenvalue weighted by Crippen LogP contribution is 2.17. The molecule has 0 saturated heterocycles. The van der Waals surface area contributed by atoms with Crippen molar-refractivity contribution in [1.82, 2.24) is 4.90 Å². The van der Waals surface area contributed by atoms with Gasteiger partial charge in [0.2, 0.25) is 0 Å². The zero-order valence-corrected chi connectivity index (χ0v) is 18.4. The molecule has 1 aromatic rings. The first-order valence-corrected chi connectivity index (χ1v) is 10.8. The lowest BCUT2D eigenvalue weighted by Crippen LogP contribution is -2.36. The number of guanidine groups is 1. The Kier molecular flexibility index (Phi) is 12.4. The fourth-order valence-corrected chi connectivity index (χ4v) is 3.17. The number of nitrogens with one attached hydrogen (secondary N) is 1. The Morgan fingerprint density at radius 1 is 0.852 bits per heavy atom. The highest BCUT2D eigenvalue weighted by molar-refractivity contribution is 5.89. The Morgan fingerprint density at radius 3 is 1.85 bits per heavy atom. The van der Waals surface area contributed by atoms with Gasteiger partial charge in [-0.2, -0.15) is 0 Å². The number of hydrogen-bond donors (Lipinski definition) is 1. The molecule has 1 rings (SSSR count).